The summed E-state index contributed by atoms with van der Waals surface area (Å²) in [6.07, 6.45) is 1.44. The van der Waals surface area contributed by atoms with Crippen LogP contribution in [0.3, 0.4) is 0 Å². The first-order valence-electron chi connectivity index (χ1n) is 10.3. The molecule has 0 aliphatic rings. The number of hydrogen-bond donors (Lipinski definition) is 2. The highest BCUT2D eigenvalue weighted by molar-refractivity contribution is 5.95. The molecule has 0 atom stereocenters. The van der Waals surface area contributed by atoms with Gasteiger partial charge >= 0.3 is 5.97 Å². The van der Waals surface area contributed by atoms with Gasteiger partial charge in [0.25, 0.3) is 5.91 Å². The second-order valence-corrected chi connectivity index (χ2v) is 6.73. The van der Waals surface area contributed by atoms with Crippen LogP contribution in [-0.2, 0) is 0 Å². The molecule has 0 fully saturated rings. The highest BCUT2D eigenvalue weighted by Crippen LogP contribution is 2.29. The van der Waals surface area contributed by atoms with Gasteiger partial charge in [0.1, 0.15) is 11.5 Å². The maximum absolute atomic E-state index is 12.5. The molecule has 0 radical (unpaired) electrons. The number of aromatic hydroxyl groups is 1. The van der Waals surface area contributed by atoms with E-state index in [-0.39, 0.29) is 11.5 Å². The van der Waals surface area contributed by atoms with Gasteiger partial charge in [0.15, 0.2) is 11.5 Å². The Morgan fingerprint density at radius 3 is 2.21 bits per heavy atom. The third-order valence-corrected chi connectivity index (χ3v) is 4.38. The van der Waals surface area contributed by atoms with Crippen LogP contribution >= 0.6 is 0 Å². The zero-order valence-corrected chi connectivity index (χ0v) is 18.3. The second kappa shape index (κ2) is 11.3. The third kappa shape index (κ3) is 6.57. The molecule has 3 aromatic carbocycles. The lowest BCUT2D eigenvalue weighted by atomic mass is 10.2. The van der Waals surface area contributed by atoms with Crippen LogP contribution in [0.25, 0.3) is 0 Å². The number of rotatable bonds is 9. The Bertz CT molecular complexity index is 1120. The van der Waals surface area contributed by atoms with Gasteiger partial charge in [-0.15, -0.1) is 0 Å². The van der Waals surface area contributed by atoms with E-state index in [4.69, 9.17) is 14.2 Å². The van der Waals surface area contributed by atoms with Gasteiger partial charge in [-0.25, -0.2) is 10.2 Å². The lowest BCUT2D eigenvalue weighted by Crippen LogP contribution is -2.17. The van der Waals surface area contributed by atoms with Crippen LogP contribution < -0.4 is 19.6 Å². The van der Waals surface area contributed by atoms with Crippen LogP contribution in [0, 0.1) is 0 Å². The fourth-order valence-electron chi connectivity index (χ4n) is 2.81. The molecule has 0 aliphatic carbocycles. The first-order valence-corrected chi connectivity index (χ1v) is 10.3. The number of nitrogens with zero attached hydrogens (tertiary/aromatic N) is 1. The summed E-state index contributed by atoms with van der Waals surface area (Å²) >= 11 is 0. The molecule has 0 saturated carbocycles. The van der Waals surface area contributed by atoms with Gasteiger partial charge < -0.3 is 19.3 Å². The van der Waals surface area contributed by atoms with E-state index in [2.05, 4.69) is 10.5 Å². The lowest BCUT2D eigenvalue weighted by Gasteiger charge is -2.11. The fraction of sp³-hybridized carbons (Fsp3) is 0.160. The highest BCUT2D eigenvalue weighted by atomic mass is 16.6. The first kappa shape index (κ1) is 23.3. The summed E-state index contributed by atoms with van der Waals surface area (Å²) in [5.74, 6) is 0.428. The summed E-state index contributed by atoms with van der Waals surface area (Å²) in [7, 11) is 0. The molecule has 0 aliphatic heterocycles. The predicted octanol–water partition coefficient (Wildman–Crippen LogP) is 4.17. The van der Waals surface area contributed by atoms with Crippen LogP contribution in [-0.4, -0.2) is 36.4 Å². The SMILES string of the molecule is CCOc1ccc(C(=O)Oc2ccc(/C=N/NC(=O)c3ccc(O)cc3)cc2OCC)cc1. The lowest BCUT2D eigenvalue weighted by molar-refractivity contribution is 0.0728. The molecule has 1 amide bonds. The van der Waals surface area contributed by atoms with Gasteiger partial charge in [-0.2, -0.15) is 5.10 Å². The minimum Gasteiger partial charge on any atom is -0.508 e. The van der Waals surface area contributed by atoms with Gasteiger partial charge in [0.05, 0.1) is 25.0 Å². The number of hydrazone groups is 1. The Labute approximate surface area is 191 Å². The van der Waals surface area contributed by atoms with Gasteiger partial charge in [-0.3, -0.25) is 4.79 Å². The third-order valence-electron chi connectivity index (χ3n) is 4.38. The average Bonchev–Trinajstić information content (AvgIpc) is 2.82. The molecule has 0 heterocycles. The molecular formula is C25H24N2O6. The van der Waals surface area contributed by atoms with Crippen LogP contribution in [0.4, 0.5) is 0 Å². The number of esters is 1. The number of ether oxygens (including phenoxy) is 3. The minimum atomic E-state index is -0.526. The topological polar surface area (TPSA) is 106 Å². The molecule has 170 valence electrons. The Morgan fingerprint density at radius 1 is 0.879 bits per heavy atom. The minimum absolute atomic E-state index is 0.0711. The quantitative estimate of drug-likeness (QED) is 0.220. The number of benzene rings is 3. The highest BCUT2D eigenvalue weighted by Gasteiger charge is 2.13. The van der Waals surface area contributed by atoms with Crippen molar-refractivity contribution >= 4 is 18.1 Å². The number of carbonyl (C=O) groups excluding carboxylic acids is 2. The van der Waals surface area contributed by atoms with Crippen molar-refractivity contribution in [2.45, 2.75) is 13.8 Å². The normalized spacial score (nSPS) is 10.6. The molecule has 0 aromatic heterocycles. The molecule has 3 rings (SSSR count). The van der Waals surface area contributed by atoms with Crippen LogP contribution in [0.5, 0.6) is 23.0 Å². The van der Waals surface area contributed by atoms with Crippen molar-refractivity contribution in [3.63, 3.8) is 0 Å². The van der Waals surface area contributed by atoms with E-state index in [0.717, 1.165) is 0 Å². The maximum Gasteiger partial charge on any atom is 0.343 e. The monoisotopic (exact) mass is 448 g/mol. The predicted molar refractivity (Wildman–Crippen MR) is 123 cm³/mol. The van der Waals surface area contributed by atoms with Gasteiger partial charge in [0, 0.05) is 5.56 Å². The molecule has 2 N–H and O–H groups in total. The van der Waals surface area contributed by atoms with Gasteiger partial charge in [-0.1, -0.05) is 0 Å². The summed E-state index contributed by atoms with van der Waals surface area (Å²) in [5.41, 5.74) is 3.78. The molecule has 33 heavy (non-hydrogen) atoms. The summed E-state index contributed by atoms with van der Waals surface area (Å²) in [6.45, 7) is 4.61. The average molecular weight is 448 g/mol. The number of hydrogen-bond acceptors (Lipinski definition) is 7. The van der Waals surface area contributed by atoms with Gasteiger partial charge in [0.2, 0.25) is 0 Å². The Kier molecular flexibility index (Phi) is 8.02. The number of nitrogens with one attached hydrogen (secondary N) is 1. The molecule has 0 saturated heterocycles. The summed E-state index contributed by atoms with van der Waals surface area (Å²) in [5, 5.41) is 13.2. The molecule has 0 unspecified atom stereocenters. The van der Waals surface area contributed by atoms with Crippen molar-refractivity contribution in [3.8, 4) is 23.0 Å². The molecule has 0 bridgehead atoms. The second-order valence-electron chi connectivity index (χ2n) is 6.73. The summed E-state index contributed by atoms with van der Waals surface area (Å²) < 4.78 is 16.5. The number of phenolic OH excluding ortho intramolecular Hbond substituents is 1. The first-order chi connectivity index (χ1) is 16.0. The van der Waals surface area contributed by atoms with E-state index < -0.39 is 11.9 Å². The molecule has 3 aromatic rings. The Morgan fingerprint density at radius 2 is 1.55 bits per heavy atom. The fourth-order valence-corrected chi connectivity index (χ4v) is 2.81. The Hall–Kier alpha value is -4.33. The molecule has 8 heteroatoms. The molecule has 0 spiro atoms. The van der Waals surface area contributed by atoms with E-state index in [9.17, 15) is 14.7 Å². The van der Waals surface area contributed by atoms with Crippen molar-refractivity contribution < 1.29 is 28.9 Å². The molecule has 8 nitrogen and oxygen atoms in total. The smallest absolute Gasteiger partial charge is 0.343 e. The van der Waals surface area contributed by atoms with E-state index in [1.807, 2.05) is 13.8 Å². The standard InChI is InChI=1S/C25H24N2O6/c1-3-31-21-12-8-19(9-13-21)25(30)33-22-14-5-17(15-23(22)32-4-2)16-26-27-24(29)18-6-10-20(28)11-7-18/h5-16,28H,3-4H2,1-2H3,(H,27,29)/b26-16+. The van der Waals surface area contributed by atoms with Crippen molar-refractivity contribution in [1.29, 1.82) is 0 Å². The number of phenols is 1. The van der Waals surface area contributed by atoms with E-state index in [0.29, 0.717) is 41.4 Å². The zero-order chi connectivity index (χ0) is 23.6. The largest absolute Gasteiger partial charge is 0.508 e. The van der Waals surface area contributed by atoms with E-state index >= 15 is 0 Å². The van der Waals surface area contributed by atoms with Crippen molar-refractivity contribution in [3.05, 3.63) is 83.4 Å². The van der Waals surface area contributed by atoms with Crippen LogP contribution in [0.2, 0.25) is 0 Å². The number of carbonyl (C=O) groups is 2. The van der Waals surface area contributed by atoms with E-state index in [1.54, 1.807) is 42.5 Å². The van der Waals surface area contributed by atoms with Crippen molar-refractivity contribution in [2.75, 3.05) is 13.2 Å². The van der Waals surface area contributed by atoms with Crippen molar-refractivity contribution in [1.82, 2.24) is 5.43 Å². The molecular weight excluding hydrogens is 424 g/mol. The Balaban J connectivity index is 1.67. The maximum atomic E-state index is 12.5. The summed E-state index contributed by atoms with van der Waals surface area (Å²) in [6, 6.07) is 17.4. The van der Waals surface area contributed by atoms with Crippen LogP contribution in [0.15, 0.2) is 71.8 Å². The van der Waals surface area contributed by atoms with Crippen molar-refractivity contribution in [2.24, 2.45) is 5.10 Å². The summed E-state index contributed by atoms with van der Waals surface area (Å²) in [4.78, 5) is 24.6. The van der Waals surface area contributed by atoms with E-state index in [1.165, 1.54) is 30.5 Å². The number of amides is 1. The van der Waals surface area contributed by atoms with Crippen LogP contribution in [0.1, 0.15) is 40.1 Å². The zero-order valence-electron chi connectivity index (χ0n) is 18.3. The van der Waals surface area contributed by atoms with Gasteiger partial charge in [-0.05, 0) is 86.1 Å².